The van der Waals surface area contributed by atoms with Gasteiger partial charge in [-0.25, -0.2) is 13.4 Å². The van der Waals surface area contributed by atoms with Crippen molar-refractivity contribution in [1.82, 2.24) is 20.1 Å². The molecule has 0 aliphatic carbocycles. The van der Waals surface area contributed by atoms with Gasteiger partial charge < -0.3 is 4.42 Å². The zero-order valence-corrected chi connectivity index (χ0v) is 18.9. The highest BCUT2D eigenvalue weighted by atomic mass is 32.2. The molecule has 3 aromatic rings. The monoisotopic (exact) mass is 468 g/mol. The number of benzene rings is 2. The van der Waals surface area contributed by atoms with E-state index in [1.54, 1.807) is 6.92 Å². The predicted molar refractivity (Wildman–Crippen MR) is 120 cm³/mol. The molecular weight excluding hydrogens is 444 g/mol. The zero-order valence-electron chi connectivity index (χ0n) is 18.1. The first-order valence-electron chi connectivity index (χ1n) is 10.6. The molecule has 0 spiro atoms. The molecule has 0 radical (unpaired) electrons. The van der Waals surface area contributed by atoms with Crippen LogP contribution in [0.5, 0.6) is 0 Å². The van der Waals surface area contributed by atoms with Crippen molar-refractivity contribution in [1.29, 1.82) is 0 Å². The first-order valence-corrected chi connectivity index (χ1v) is 12.0. The Hall–Kier alpha value is -3.50. The van der Waals surface area contributed by atoms with Crippen LogP contribution in [0.15, 0.2) is 63.9 Å². The second-order valence-corrected chi connectivity index (χ2v) is 9.64. The third kappa shape index (κ3) is 5.12. The summed E-state index contributed by atoms with van der Waals surface area (Å²) in [6, 6.07) is 15.0. The second kappa shape index (κ2) is 9.55. The maximum Gasteiger partial charge on any atom is 0.269 e. The number of carbonyl (C=O) groups excluding carboxylic acids is 2. The Morgan fingerprint density at radius 3 is 2.33 bits per heavy atom. The van der Waals surface area contributed by atoms with Crippen LogP contribution in [0, 0.1) is 6.92 Å². The van der Waals surface area contributed by atoms with Crippen molar-refractivity contribution in [2.75, 3.05) is 13.1 Å². The summed E-state index contributed by atoms with van der Waals surface area (Å²) in [4.78, 5) is 29.2. The molecule has 1 aromatic heterocycles. The summed E-state index contributed by atoms with van der Waals surface area (Å²) in [5.74, 6) is -0.0862. The number of sulfonamides is 1. The minimum Gasteiger partial charge on any atom is -0.441 e. The number of amides is 2. The van der Waals surface area contributed by atoms with Crippen molar-refractivity contribution in [2.45, 2.75) is 31.1 Å². The molecule has 33 heavy (non-hydrogen) atoms. The summed E-state index contributed by atoms with van der Waals surface area (Å²) < 4.78 is 32.2. The number of hydrazine groups is 1. The highest BCUT2D eigenvalue weighted by molar-refractivity contribution is 7.89. The lowest BCUT2D eigenvalue weighted by atomic mass is 10.2. The van der Waals surface area contributed by atoms with Crippen LogP contribution in [-0.4, -0.2) is 42.6 Å². The second-order valence-electron chi connectivity index (χ2n) is 7.70. The molecule has 1 aliphatic rings. The van der Waals surface area contributed by atoms with Gasteiger partial charge in [-0.15, -0.1) is 0 Å². The molecule has 1 fully saturated rings. The average molecular weight is 469 g/mol. The van der Waals surface area contributed by atoms with E-state index in [0.717, 1.165) is 18.4 Å². The standard InChI is InChI=1S/C23H24N4O5S/c1-16-20(24-23(32-16)18-7-3-2-4-8-18)15-21(28)25-26-22(29)17-9-11-19(12-10-17)33(30,31)27-13-5-6-14-27/h2-4,7-12H,5-6,13-15H2,1H3,(H,25,28)(H,26,29). The predicted octanol–water partition coefficient (Wildman–Crippen LogP) is 2.44. The van der Waals surface area contributed by atoms with Crippen LogP contribution < -0.4 is 10.9 Å². The van der Waals surface area contributed by atoms with E-state index in [1.807, 2.05) is 30.3 Å². The highest BCUT2D eigenvalue weighted by Crippen LogP contribution is 2.22. The highest BCUT2D eigenvalue weighted by Gasteiger charge is 2.27. The van der Waals surface area contributed by atoms with Gasteiger partial charge in [0.15, 0.2) is 0 Å². The fourth-order valence-corrected chi connectivity index (χ4v) is 5.06. The van der Waals surface area contributed by atoms with Crippen LogP contribution in [-0.2, 0) is 21.2 Å². The molecule has 10 heteroatoms. The summed E-state index contributed by atoms with van der Waals surface area (Å²) >= 11 is 0. The number of carbonyl (C=O) groups is 2. The van der Waals surface area contributed by atoms with Crippen molar-refractivity contribution in [3.8, 4) is 11.5 Å². The van der Waals surface area contributed by atoms with Gasteiger partial charge in [0.25, 0.3) is 5.91 Å². The van der Waals surface area contributed by atoms with Crippen molar-refractivity contribution in [3.63, 3.8) is 0 Å². The molecule has 0 atom stereocenters. The first kappa shape index (κ1) is 22.7. The molecule has 1 saturated heterocycles. The van der Waals surface area contributed by atoms with Crippen LogP contribution in [0.25, 0.3) is 11.5 Å². The zero-order chi connectivity index (χ0) is 23.4. The Balaban J connectivity index is 1.33. The van der Waals surface area contributed by atoms with E-state index in [2.05, 4.69) is 15.8 Å². The molecule has 0 bridgehead atoms. The SMILES string of the molecule is Cc1oc(-c2ccccc2)nc1CC(=O)NNC(=O)c1ccc(S(=O)(=O)N2CCCC2)cc1. The summed E-state index contributed by atoms with van der Waals surface area (Å²) in [6.45, 7) is 2.74. The fraction of sp³-hybridized carbons (Fsp3) is 0.261. The number of nitrogens with one attached hydrogen (secondary N) is 2. The molecular formula is C23H24N4O5S. The molecule has 4 rings (SSSR count). The molecule has 172 valence electrons. The normalized spacial score (nSPS) is 14.2. The minimum absolute atomic E-state index is 0.0739. The van der Waals surface area contributed by atoms with Crippen molar-refractivity contribution in [2.24, 2.45) is 0 Å². The van der Waals surface area contributed by atoms with E-state index in [9.17, 15) is 18.0 Å². The quantitative estimate of drug-likeness (QED) is 0.536. The van der Waals surface area contributed by atoms with Gasteiger partial charge in [-0.3, -0.25) is 20.4 Å². The van der Waals surface area contributed by atoms with Gasteiger partial charge in [-0.05, 0) is 56.2 Å². The lowest BCUT2D eigenvalue weighted by molar-refractivity contribution is -0.121. The topological polar surface area (TPSA) is 122 Å². The molecule has 1 aliphatic heterocycles. The van der Waals surface area contributed by atoms with Gasteiger partial charge >= 0.3 is 0 Å². The van der Waals surface area contributed by atoms with Gasteiger partial charge in [-0.1, -0.05) is 18.2 Å². The van der Waals surface area contributed by atoms with Crippen LogP contribution in [0.1, 0.15) is 34.7 Å². The number of aromatic nitrogens is 1. The van der Waals surface area contributed by atoms with Crippen LogP contribution in [0.3, 0.4) is 0 Å². The van der Waals surface area contributed by atoms with Crippen molar-refractivity contribution in [3.05, 3.63) is 71.6 Å². The minimum atomic E-state index is -3.55. The number of rotatable bonds is 6. The van der Waals surface area contributed by atoms with E-state index >= 15 is 0 Å². The maximum atomic E-state index is 12.6. The van der Waals surface area contributed by atoms with E-state index in [1.165, 1.54) is 28.6 Å². The Morgan fingerprint density at radius 2 is 1.67 bits per heavy atom. The lowest BCUT2D eigenvalue weighted by Crippen LogP contribution is -2.42. The Bertz CT molecular complexity index is 1250. The number of aryl methyl sites for hydroxylation is 1. The van der Waals surface area contributed by atoms with Crippen molar-refractivity contribution < 1.29 is 22.4 Å². The molecule has 0 saturated carbocycles. The molecule has 2 aromatic carbocycles. The Kier molecular flexibility index (Phi) is 6.57. The average Bonchev–Trinajstić information content (AvgIpc) is 3.49. The summed E-state index contributed by atoms with van der Waals surface area (Å²) in [6.07, 6.45) is 1.62. The molecule has 9 nitrogen and oxygen atoms in total. The smallest absolute Gasteiger partial charge is 0.269 e. The Labute approximate surface area is 191 Å². The molecule has 2 heterocycles. The van der Waals surface area contributed by atoms with Crippen LogP contribution in [0.4, 0.5) is 0 Å². The van der Waals surface area contributed by atoms with Crippen LogP contribution >= 0.6 is 0 Å². The summed E-state index contributed by atoms with van der Waals surface area (Å²) in [5, 5.41) is 0. The van der Waals surface area contributed by atoms with E-state index < -0.39 is 21.8 Å². The van der Waals surface area contributed by atoms with Gasteiger partial charge in [0, 0.05) is 24.2 Å². The lowest BCUT2D eigenvalue weighted by Gasteiger charge is -2.15. The largest absolute Gasteiger partial charge is 0.441 e. The maximum absolute atomic E-state index is 12.6. The van der Waals surface area contributed by atoms with E-state index in [4.69, 9.17) is 4.42 Å². The number of oxazole rings is 1. The molecule has 0 unspecified atom stereocenters. The van der Waals surface area contributed by atoms with Crippen molar-refractivity contribution >= 4 is 21.8 Å². The van der Waals surface area contributed by atoms with Gasteiger partial charge in [0.2, 0.25) is 21.8 Å². The van der Waals surface area contributed by atoms with Gasteiger partial charge in [0.1, 0.15) is 5.76 Å². The van der Waals surface area contributed by atoms with Gasteiger partial charge in [-0.2, -0.15) is 4.31 Å². The summed E-state index contributed by atoms with van der Waals surface area (Å²) in [7, 11) is -3.55. The fourth-order valence-electron chi connectivity index (χ4n) is 3.55. The van der Waals surface area contributed by atoms with E-state index in [-0.39, 0.29) is 16.9 Å². The molecule has 2 N–H and O–H groups in total. The summed E-state index contributed by atoms with van der Waals surface area (Å²) in [5.41, 5.74) is 6.18. The number of hydrogen-bond donors (Lipinski definition) is 2. The first-order chi connectivity index (χ1) is 15.8. The van der Waals surface area contributed by atoms with Gasteiger partial charge in [0.05, 0.1) is 17.0 Å². The van der Waals surface area contributed by atoms with E-state index in [0.29, 0.717) is 30.4 Å². The third-order valence-electron chi connectivity index (χ3n) is 5.38. The third-order valence-corrected chi connectivity index (χ3v) is 7.29. The number of hydrogen-bond acceptors (Lipinski definition) is 6. The van der Waals surface area contributed by atoms with Crippen LogP contribution in [0.2, 0.25) is 0 Å². The number of nitrogens with zero attached hydrogens (tertiary/aromatic N) is 2. The molecule has 2 amide bonds. The Morgan fingerprint density at radius 1 is 1.00 bits per heavy atom.